The van der Waals surface area contributed by atoms with Crippen LogP contribution in [0.1, 0.15) is 11.1 Å². The molecule has 0 unspecified atom stereocenters. The Morgan fingerprint density at radius 1 is 1.04 bits per heavy atom. The van der Waals surface area contributed by atoms with Crippen LogP contribution in [0.25, 0.3) is 0 Å². The predicted octanol–water partition coefficient (Wildman–Crippen LogP) is 0.980. The molecule has 1 aliphatic rings. The van der Waals surface area contributed by atoms with Crippen LogP contribution in [0.3, 0.4) is 0 Å². The van der Waals surface area contributed by atoms with Gasteiger partial charge in [0.1, 0.15) is 25.5 Å². The molecule has 0 amide bonds. The maximum absolute atomic E-state index is 13.6. The largest absolute Gasteiger partial charge is 0.370 e. The zero-order valence-electron chi connectivity index (χ0n) is 13.5. The number of hydrogen-bond acceptors (Lipinski definition) is 2. The molecule has 4 heteroatoms. The minimum atomic E-state index is -1.52. The van der Waals surface area contributed by atoms with Crippen LogP contribution in [0, 0.1) is 17.7 Å². The van der Waals surface area contributed by atoms with E-state index < -0.39 is 5.60 Å². The molecule has 3 nitrogen and oxygen atoms in total. The zero-order valence-corrected chi connectivity index (χ0v) is 13.5. The normalized spacial score (nSPS) is 17.6. The van der Waals surface area contributed by atoms with Gasteiger partial charge in [-0.25, -0.2) is 4.39 Å². The summed E-state index contributed by atoms with van der Waals surface area (Å²) in [7, 11) is 0. The van der Waals surface area contributed by atoms with Crippen LogP contribution < -0.4 is 4.90 Å². The number of halogens is 1. The first kappa shape index (κ1) is 16.7. The van der Waals surface area contributed by atoms with Crippen molar-refractivity contribution in [3.63, 3.8) is 0 Å². The molecule has 2 N–H and O–H groups in total. The van der Waals surface area contributed by atoms with E-state index in [0.29, 0.717) is 17.7 Å². The van der Waals surface area contributed by atoms with Crippen LogP contribution in [0.4, 0.5) is 4.39 Å². The van der Waals surface area contributed by atoms with Crippen molar-refractivity contribution in [1.82, 2.24) is 0 Å². The van der Waals surface area contributed by atoms with Crippen LogP contribution >= 0.6 is 0 Å². The molecule has 0 radical (unpaired) electrons. The second-order valence-corrected chi connectivity index (χ2v) is 5.93. The van der Waals surface area contributed by atoms with Gasteiger partial charge >= 0.3 is 0 Å². The predicted molar refractivity (Wildman–Crippen MR) is 90.0 cm³/mol. The molecule has 3 rings (SSSR count). The van der Waals surface area contributed by atoms with E-state index in [0.717, 1.165) is 26.3 Å². The van der Waals surface area contributed by atoms with Gasteiger partial charge in [0.05, 0.1) is 13.2 Å². The highest BCUT2D eigenvalue weighted by Crippen LogP contribution is 2.29. The summed E-state index contributed by atoms with van der Waals surface area (Å²) >= 11 is 0. The highest BCUT2D eigenvalue weighted by Gasteiger charge is 2.29. The summed E-state index contributed by atoms with van der Waals surface area (Å²) in [6.45, 7) is 3.94. The van der Waals surface area contributed by atoms with Gasteiger partial charge in [-0.2, -0.15) is 0 Å². The molecule has 0 bridgehead atoms. The number of aliphatic hydroxyl groups is 1. The van der Waals surface area contributed by atoms with Crippen LogP contribution in [-0.2, 0) is 10.3 Å². The Kier molecular flexibility index (Phi) is 5.27. The van der Waals surface area contributed by atoms with Gasteiger partial charge in [0, 0.05) is 11.1 Å². The average Bonchev–Trinajstić information content (AvgIpc) is 2.63. The standard InChI is InChI=1S/C20H20FNO2/c21-19-9-4-8-18(16-19)20(23,17-6-2-1-3-7-17)10-5-11-22-12-14-24-15-13-22/h1-4,6-9,16,23H,11-15H2/p+1/t20-/m1/s1. The van der Waals surface area contributed by atoms with Gasteiger partial charge in [0.15, 0.2) is 5.60 Å². The summed E-state index contributed by atoms with van der Waals surface area (Å²) in [6, 6.07) is 15.2. The van der Waals surface area contributed by atoms with Crippen molar-refractivity contribution < 1.29 is 19.1 Å². The van der Waals surface area contributed by atoms with E-state index in [1.165, 1.54) is 17.0 Å². The summed E-state index contributed by atoms with van der Waals surface area (Å²) in [5, 5.41) is 11.2. The van der Waals surface area contributed by atoms with Gasteiger partial charge in [-0.3, -0.25) is 0 Å². The number of nitrogens with one attached hydrogen (secondary N) is 1. The van der Waals surface area contributed by atoms with E-state index in [-0.39, 0.29) is 5.82 Å². The third kappa shape index (κ3) is 3.82. The van der Waals surface area contributed by atoms with Crippen molar-refractivity contribution in [1.29, 1.82) is 0 Å². The van der Waals surface area contributed by atoms with E-state index in [4.69, 9.17) is 4.74 Å². The third-order valence-corrected chi connectivity index (χ3v) is 4.24. The van der Waals surface area contributed by atoms with Crippen LogP contribution in [0.2, 0.25) is 0 Å². The molecule has 0 aromatic heterocycles. The van der Waals surface area contributed by atoms with E-state index in [9.17, 15) is 9.50 Å². The van der Waals surface area contributed by atoms with E-state index in [1.807, 2.05) is 18.2 Å². The Bertz CT molecular complexity index is 732. The van der Waals surface area contributed by atoms with Gasteiger partial charge < -0.3 is 14.7 Å². The molecular formula is C20H21FNO2+. The number of ether oxygens (including phenoxy) is 1. The first-order valence-electron chi connectivity index (χ1n) is 8.14. The first-order chi connectivity index (χ1) is 11.7. The maximum atomic E-state index is 13.6. The molecule has 2 aromatic rings. The van der Waals surface area contributed by atoms with Crippen molar-refractivity contribution in [2.45, 2.75) is 5.60 Å². The molecule has 1 aliphatic heterocycles. The fourth-order valence-electron chi connectivity index (χ4n) is 2.84. The van der Waals surface area contributed by atoms with Gasteiger partial charge in [0.25, 0.3) is 0 Å². The van der Waals surface area contributed by atoms with E-state index in [2.05, 4.69) is 11.8 Å². The number of rotatable bonds is 3. The molecule has 0 aliphatic carbocycles. The Balaban J connectivity index is 1.91. The van der Waals surface area contributed by atoms with Crippen molar-refractivity contribution in [2.24, 2.45) is 0 Å². The van der Waals surface area contributed by atoms with E-state index >= 15 is 0 Å². The van der Waals surface area contributed by atoms with Crippen molar-refractivity contribution in [3.8, 4) is 11.8 Å². The monoisotopic (exact) mass is 326 g/mol. The van der Waals surface area contributed by atoms with Crippen molar-refractivity contribution >= 4 is 0 Å². The summed E-state index contributed by atoms with van der Waals surface area (Å²) in [6.07, 6.45) is 0. The molecule has 2 aromatic carbocycles. The molecule has 1 atom stereocenters. The minimum absolute atomic E-state index is 0.387. The fourth-order valence-corrected chi connectivity index (χ4v) is 2.84. The summed E-state index contributed by atoms with van der Waals surface area (Å²) in [5.74, 6) is 5.69. The lowest BCUT2D eigenvalue weighted by atomic mass is 9.87. The zero-order chi connectivity index (χ0) is 16.8. The van der Waals surface area contributed by atoms with E-state index in [1.54, 1.807) is 24.3 Å². The minimum Gasteiger partial charge on any atom is -0.370 e. The lowest BCUT2D eigenvalue weighted by Crippen LogP contribution is -3.14. The smallest absolute Gasteiger partial charge is 0.177 e. The molecule has 1 heterocycles. The highest BCUT2D eigenvalue weighted by atomic mass is 19.1. The van der Waals surface area contributed by atoms with Crippen LogP contribution in [0.5, 0.6) is 0 Å². The van der Waals surface area contributed by atoms with Crippen molar-refractivity contribution in [3.05, 3.63) is 71.5 Å². The van der Waals surface area contributed by atoms with Gasteiger partial charge in [-0.1, -0.05) is 48.4 Å². The first-order valence-corrected chi connectivity index (χ1v) is 8.14. The lowest BCUT2D eigenvalue weighted by molar-refractivity contribution is -0.900. The second-order valence-electron chi connectivity index (χ2n) is 5.93. The molecule has 1 saturated heterocycles. The second kappa shape index (κ2) is 7.59. The Morgan fingerprint density at radius 2 is 1.75 bits per heavy atom. The maximum Gasteiger partial charge on any atom is 0.177 e. The van der Waals surface area contributed by atoms with Gasteiger partial charge in [-0.15, -0.1) is 0 Å². The van der Waals surface area contributed by atoms with Gasteiger partial charge in [-0.05, 0) is 18.1 Å². The molecule has 0 spiro atoms. The van der Waals surface area contributed by atoms with Crippen LogP contribution in [-0.4, -0.2) is 38.0 Å². The average molecular weight is 326 g/mol. The number of quaternary nitrogens is 1. The number of benzene rings is 2. The summed E-state index contributed by atoms with van der Waals surface area (Å²) in [5.41, 5.74) is -0.437. The Hall–Kier alpha value is -2.19. The third-order valence-electron chi connectivity index (χ3n) is 4.24. The number of morpholine rings is 1. The van der Waals surface area contributed by atoms with Crippen LogP contribution in [0.15, 0.2) is 54.6 Å². The SMILES string of the molecule is O[C@](C#CC[NH+]1CCOCC1)(c1ccccc1)c1cccc(F)c1. The van der Waals surface area contributed by atoms with Crippen molar-refractivity contribution in [2.75, 3.05) is 32.8 Å². The summed E-state index contributed by atoms with van der Waals surface area (Å²) < 4.78 is 19.0. The lowest BCUT2D eigenvalue weighted by Gasteiger charge is -2.24. The fraction of sp³-hybridized carbons (Fsp3) is 0.300. The topological polar surface area (TPSA) is 33.9 Å². The Morgan fingerprint density at radius 3 is 2.46 bits per heavy atom. The Labute approximate surface area is 141 Å². The molecule has 1 fully saturated rings. The molecular weight excluding hydrogens is 305 g/mol. The number of hydrogen-bond donors (Lipinski definition) is 2. The highest BCUT2D eigenvalue weighted by molar-refractivity contribution is 5.44. The summed E-state index contributed by atoms with van der Waals surface area (Å²) in [4.78, 5) is 1.34. The molecule has 24 heavy (non-hydrogen) atoms. The molecule has 124 valence electrons. The quantitative estimate of drug-likeness (QED) is 0.825. The molecule has 0 saturated carbocycles. The van der Waals surface area contributed by atoms with Gasteiger partial charge in [0.2, 0.25) is 0 Å².